The summed E-state index contributed by atoms with van der Waals surface area (Å²) in [5, 5.41) is 7.23. The van der Waals surface area contributed by atoms with Gasteiger partial charge in [0.2, 0.25) is 0 Å². The van der Waals surface area contributed by atoms with Gasteiger partial charge in [0.25, 0.3) is 0 Å². The summed E-state index contributed by atoms with van der Waals surface area (Å²) >= 11 is 0. The van der Waals surface area contributed by atoms with Gasteiger partial charge in [-0.1, -0.05) is 18.2 Å². The third-order valence-electron chi connectivity index (χ3n) is 3.53. The topological polar surface area (TPSA) is 91.7 Å². The summed E-state index contributed by atoms with van der Waals surface area (Å²) in [5.74, 6) is 0.852. The van der Waals surface area contributed by atoms with E-state index in [0.717, 1.165) is 4.68 Å². The summed E-state index contributed by atoms with van der Waals surface area (Å²) in [4.78, 5) is 24.2. The van der Waals surface area contributed by atoms with E-state index in [1.807, 2.05) is 6.07 Å². The number of methoxy groups -OCH3 is 1. The second-order valence-electron chi connectivity index (χ2n) is 5.19. The van der Waals surface area contributed by atoms with Crippen LogP contribution in [0.3, 0.4) is 0 Å². The quantitative estimate of drug-likeness (QED) is 0.768. The molecule has 0 aliphatic carbocycles. The fourth-order valence-corrected chi connectivity index (χ4v) is 2.38. The highest BCUT2D eigenvalue weighted by Crippen LogP contribution is 2.29. The largest absolute Gasteiger partial charge is 0.497 e. The lowest BCUT2D eigenvalue weighted by molar-refractivity contribution is 0.151. The zero-order chi connectivity index (χ0) is 18.5. The second kappa shape index (κ2) is 7.56. The Morgan fingerprint density at radius 3 is 2.62 bits per heavy atom. The van der Waals surface area contributed by atoms with Crippen molar-refractivity contribution in [2.75, 3.05) is 19.0 Å². The standard InChI is InChI=1S/C18H17N3O5/c1-3-25-18(23)21-16-10-13(24-2)9-15(14(16)11-19-21)20-17(22)26-12-7-5-4-6-8-12/h4-11H,3H2,1-2H3,(H,20,22). The van der Waals surface area contributed by atoms with Gasteiger partial charge in [-0.3, -0.25) is 5.32 Å². The van der Waals surface area contributed by atoms with Crippen molar-refractivity contribution in [3.8, 4) is 11.5 Å². The van der Waals surface area contributed by atoms with E-state index in [1.165, 1.54) is 13.3 Å². The number of rotatable bonds is 4. The first-order valence-corrected chi connectivity index (χ1v) is 7.89. The molecule has 8 heteroatoms. The number of aromatic nitrogens is 2. The van der Waals surface area contributed by atoms with Crippen LogP contribution in [0.25, 0.3) is 10.9 Å². The van der Waals surface area contributed by atoms with E-state index in [2.05, 4.69) is 10.4 Å². The van der Waals surface area contributed by atoms with Crippen LogP contribution in [0.2, 0.25) is 0 Å². The predicted octanol–water partition coefficient (Wildman–Crippen LogP) is 3.66. The zero-order valence-corrected chi connectivity index (χ0v) is 14.3. The number of anilines is 1. The van der Waals surface area contributed by atoms with E-state index >= 15 is 0 Å². The predicted molar refractivity (Wildman–Crippen MR) is 94.8 cm³/mol. The molecule has 3 rings (SSSR count). The Balaban J connectivity index is 1.92. The molecule has 1 amide bonds. The molecule has 0 saturated carbocycles. The fraction of sp³-hybridized carbons (Fsp3) is 0.167. The minimum atomic E-state index is -0.672. The van der Waals surface area contributed by atoms with Gasteiger partial charge in [0.15, 0.2) is 0 Å². The van der Waals surface area contributed by atoms with Gasteiger partial charge in [0, 0.05) is 17.5 Å². The minimum absolute atomic E-state index is 0.221. The van der Waals surface area contributed by atoms with Crippen LogP contribution in [-0.2, 0) is 4.74 Å². The molecule has 0 spiro atoms. The van der Waals surface area contributed by atoms with Gasteiger partial charge in [0.1, 0.15) is 11.5 Å². The molecule has 0 fully saturated rings. The van der Waals surface area contributed by atoms with Crippen LogP contribution in [-0.4, -0.2) is 35.7 Å². The molecule has 1 heterocycles. The van der Waals surface area contributed by atoms with E-state index in [1.54, 1.807) is 43.3 Å². The van der Waals surface area contributed by atoms with E-state index in [-0.39, 0.29) is 6.61 Å². The summed E-state index contributed by atoms with van der Waals surface area (Å²) in [6.07, 6.45) is 0.173. The van der Waals surface area contributed by atoms with E-state index in [0.29, 0.717) is 28.1 Å². The van der Waals surface area contributed by atoms with Gasteiger partial charge >= 0.3 is 12.2 Å². The number of para-hydroxylation sites is 1. The number of hydrogen-bond donors (Lipinski definition) is 1. The van der Waals surface area contributed by atoms with Crippen molar-refractivity contribution in [1.82, 2.24) is 9.78 Å². The highest BCUT2D eigenvalue weighted by molar-refractivity contribution is 6.02. The maximum Gasteiger partial charge on any atom is 0.435 e. The highest BCUT2D eigenvalue weighted by atomic mass is 16.6. The molecule has 0 saturated heterocycles. The first-order chi connectivity index (χ1) is 12.6. The molecule has 0 radical (unpaired) electrons. The number of nitrogens with one attached hydrogen (secondary N) is 1. The molecule has 2 aromatic carbocycles. The van der Waals surface area contributed by atoms with Crippen molar-refractivity contribution in [3.63, 3.8) is 0 Å². The van der Waals surface area contributed by atoms with Crippen molar-refractivity contribution in [3.05, 3.63) is 48.7 Å². The summed E-state index contributed by atoms with van der Waals surface area (Å²) in [6, 6.07) is 11.9. The van der Waals surface area contributed by atoms with Crippen molar-refractivity contribution < 1.29 is 23.8 Å². The van der Waals surface area contributed by atoms with Crippen LogP contribution in [0.1, 0.15) is 6.92 Å². The summed E-state index contributed by atoms with van der Waals surface area (Å²) < 4.78 is 16.5. The smallest absolute Gasteiger partial charge is 0.435 e. The van der Waals surface area contributed by atoms with Crippen LogP contribution in [0.15, 0.2) is 48.7 Å². The van der Waals surface area contributed by atoms with Gasteiger partial charge in [-0.05, 0) is 19.1 Å². The third kappa shape index (κ3) is 3.59. The molecule has 0 aliphatic heterocycles. The molecule has 0 bridgehead atoms. The summed E-state index contributed by atoms with van der Waals surface area (Å²) in [7, 11) is 1.48. The number of carbonyl (C=O) groups excluding carboxylic acids is 2. The van der Waals surface area contributed by atoms with Crippen LogP contribution in [0.4, 0.5) is 15.3 Å². The van der Waals surface area contributed by atoms with E-state index in [9.17, 15) is 9.59 Å². The number of ether oxygens (including phenoxy) is 3. The van der Waals surface area contributed by atoms with Gasteiger partial charge < -0.3 is 14.2 Å². The zero-order valence-electron chi connectivity index (χ0n) is 14.3. The lowest BCUT2D eigenvalue weighted by Gasteiger charge is -2.10. The molecule has 0 unspecified atom stereocenters. The maximum atomic E-state index is 12.2. The Hall–Kier alpha value is -3.55. The first kappa shape index (κ1) is 17.3. The Kier molecular flexibility index (Phi) is 5.02. The van der Waals surface area contributed by atoms with Crippen molar-refractivity contribution in [2.24, 2.45) is 0 Å². The third-order valence-corrected chi connectivity index (χ3v) is 3.53. The highest BCUT2D eigenvalue weighted by Gasteiger charge is 2.17. The number of amides is 1. The molecule has 1 aromatic heterocycles. The number of nitrogens with zero attached hydrogens (tertiary/aromatic N) is 2. The average Bonchev–Trinajstić information content (AvgIpc) is 3.07. The molecular weight excluding hydrogens is 338 g/mol. The van der Waals surface area contributed by atoms with Crippen molar-refractivity contribution in [1.29, 1.82) is 0 Å². The molecule has 1 N–H and O–H groups in total. The summed E-state index contributed by atoms with van der Waals surface area (Å²) in [6.45, 7) is 1.93. The van der Waals surface area contributed by atoms with E-state index < -0.39 is 12.2 Å². The lowest BCUT2D eigenvalue weighted by atomic mass is 10.2. The monoisotopic (exact) mass is 355 g/mol. The van der Waals surface area contributed by atoms with Crippen LogP contribution in [0.5, 0.6) is 11.5 Å². The van der Waals surface area contributed by atoms with Crippen LogP contribution >= 0.6 is 0 Å². The molecule has 26 heavy (non-hydrogen) atoms. The maximum absolute atomic E-state index is 12.2. The van der Waals surface area contributed by atoms with Crippen LogP contribution < -0.4 is 14.8 Å². The van der Waals surface area contributed by atoms with E-state index in [4.69, 9.17) is 14.2 Å². The van der Waals surface area contributed by atoms with Crippen LogP contribution in [0, 0.1) is 0 Å². The molecule has 3 aromatic rings. The van der Waals surface area contributed by atoms with Gasteiger partial charge in [-0.25, -0.2) is 9.59 Å². The average molecular weight is 355 g/mol. The lowest BCUT2D eigenvalue weighted by Crippen LogP contribution is -2.17. The number of benzene rings is 2. The molecule has 0 atom stereocenters. The Morgan fingerprint density at radius 2 is 1.92 bits per heavy atom. The second-order valence-corrected chi connectivity index (χ2v) is 5.19. The number of hydrogen-bond acceptors (Lipinski definition) is 6. The molecule has 0 aliphatic rings. The summed E-state index contributed by atoms with van der Waals surface area (Å²) in [5.41, 5.74) is 0.841. The number of fused-ring (bicyclic) bond motifs is 1. The molecule has 134 valence electrons. The van der Waals surface area contributed by atoms with Gasteiger partial charge in [0.05, 0.1) is 31.1 Å². The van der Waals surface area contributed by atoms with Gasteiger partial charge in [-0.2, -0.15) is 9.78 Å². The van der Waals surface area contributed by atoms with Crippen molar-refractivity contribution in [2.45, 2.75) is 6.92 Å². The fourth-order valence-electron chi connectivity index (χ4n) is 2.38. The Bertz CT molecular complexity index is 937. The molecule has 8 nitrogen and oxygen atoms in total. The minimum Gasteiger partial charge on any atom is -0.497 e. The van der Waals surface area contributed by atoms with Gasteiger partial charge in [-0.15, -0.1) is 0 Å². The Labute approximate surface area is 149 Å². The Morgan fingerprint density at radius 1 is 1.15 bits per heavy atom. The van der Waals surface area contributed by atoms with Crippen molar-refractivity contribution >= 4 is 28.8 Å². The number of carbonyl (C=O) groups is 2. The first-order valence-electron chi connectivity index (χ1n) is 7.89. The molecular formula is C18H17N3O5. The SMILES string of the molecule is CCOC(=O)n1ncc2c(NC(=O)Oc3ccccc3)cc(OC)cc21. The normalized spacial score (nSPS) is 10.4.